The first kappa shape index (κ1) is 20.6. The number of aromatic nitrogens is 6. The van der Waals surface area contributed by atoms with Crippen molar-refractivity contribution in [3.05, 3.63) is 65.4 Å². The summed E-state index contributed by atoms with van der Waals surface area (Å²) >= 11 is 0. The fourth-order valence-corrected chi connectivity index (χ4v) is 4.63. The molecule has 0 bridgehead atoms. The molecule has 3 aromatic heterocycles. The minimum absolute atomic E-state index is 0.115. The summed E-state index contributed by atoms with van der Waals surface area (Å²) in [5.41, 5.74) is 11.0. The first-order valence-electron chi connectivity index (χ1n) is 11.5. The number of hydrogen-bond donors (Lipinski definition) is 2. The van der Waals surface area contributed by atoms with Gasteiger partial charge in [-0.2, -0.15) is 10.2 Å². The Morgan fingerprint density at radius 2 is 1.94 bits per heavy atom. The lowest BCUT2D eigenvalue weighted by Gasteiger charge is -2.03. The van der Waals surface area contributed by atoms with Gasteiger partial charge < -0.3 is 10.7 Å². The molecule has 8 nitrogen and oxygen atoms in total. The van der Waals surface area contributed by atoms with Crippen molar-refractivity contribution in [2.24, 2.45) is 5.92 Å². The van der Waals surface area contributed by atoms with Gasteiger partial charge in [0.25, 0.3) is 0 Å². The molecule has 1 saturated carbocycles. The summed E-state index contributed by atoms with van der Waals surface area (Å²) in [5.74, 6) is 1.32. The number of nitrogen functional groups attached to an aromatic ring is 1. The highest BCUT2D eigenvalue weighted by molar-refractivity contribution is 6.01. The van der Waals surface area contributed by atoms with Crippen molar-refractivity contribution in [2.45, 2.75) is 39.2 Å². The number of carbonyl (C=O) groups excluding carboxylic acids is 1. The normalized spacial score (nSPS) is 15.1. The quantitative estimate of drug-likeness (QED) is 0.475. The lowest BCUT2D eigenvalue weighted by molar-refractivity contribution is 0.0994. The van der Waals surface area contributed by atoms with Crippen molar-refractivity contribution in [1.82, 2.24) is 29.5 Å². The molecule has 3 N–H and O–H groups in total. The molecular formula is C25H24FN7O. The van der Waals surface area contributed by atoms with Crippen LogP contribution in [0.3, 0.4) is 0 Å². The van der Waals surface area contributed by atoms with Crippen LogP contribution in [0, 0.1) is 18.7 Å². The Morgan fingerprint density at radius 1 is 1.15 bits per heavy atom. The monoisotopic (exact) mass is 457 g/mol. The van der Waals surface area contributed by atoms with Gasteiger partial charge in [0.15, 0.2) is 11.6 Å². The zero-order chi connectivity index (χ0) is 23.4. The third kappa shape index (κ3) is 3.53. The third-order valence-corrected chi connectivity index (χ3v) is 6.47. The molecule has 0 spiro atoms. The van der Waals surface area contributed by atoms with Crippen LogP contribution in [0.5, 0.6) is 0 Å². The van der Waals surface area contributed by atoms with Gasteiger partial charge in [-0.1, -0.05) is 0 Å². The summed E-state index contributed by atoms with van der Waals surface area (Å²) in [5, 5.41) is 10.2. The van der Waals surface area contributed by atoms with Crippen LogP contribution < -0.4 is 5.73 Å². The van der Waals surface area contributed by atoms with Crippen LogP contribution in [-0.4, -0.2) is 35.3 Å². The Bertz CT molecular complexity index is 1490. The molecule has 1 aromatic carbocycles. The molecule has 4 aromatic rings. The first-order chi connectivity index (χ1) is 16.5. The zero-order valence-corrected chi connectivity index (χ0v) is 18.8. The number of anilines is 1. The first-order valence-corrected chi connectivity index (χ1v) is 11.5. The Morgan fingerprint density at radius 3 is 2.71 bits per heavy atom. The highest BCUT2D eigenvalue weighted by atomic mass is 19.1. The second-order valence-electron chi connectivity index (χ2n) is 9.01. The Labute approximate surface area is 194 Å². The maximum atomic E-state index is 13.6. The minimum atomic E-state index is -0.295. The number of ketones is 1. The summed E-state index contributed by atoms with van der Waals surface area (Å²) < 4.78 is 17.2. The molecule has 9 heteroatoms. The third-order valence-electron chi connectivity index (χ3n) is 6.47. The molecule has 0 aliphatic heterocycles. The van der Waals surface area contributed by atoms with E-state index in [0.29, 0.717) is 41.7 Å². The standard InChI is InChI=1S/C25H24FN7O/c1-14-23-19(8-9-20(23)34)33(30-14)22-12-21(27)29-25-18(10-11-28-22)24(16-4-6-17(26)7-5-16)31-32(25)13-15-2-3-15/h4-7,10-12,15,29H,2-3,8-9,13,27H2,1H3. The van der Waals surface area contributed by atoms with E-state index in [2.05, 4.69) is 15.1 Å². The van der Waals surface area contributed by atoms with Gasteiger partial charge in [0, 0.05) is 36.2 Å². The van der Waals surface area contributed by atoms with E-state index in [1.807, 2.05) is 17.7 Å². The highest BCUT2D eigenvalue weighted by Crippen LogP contribution is 2.33. The topological polar surface area (TPSA) is 107 Å². The SMILES string of the molecule is Cc1nn(-c2cc(N)[nH]c3c(ccn2)c(-c2ccc(F)cc2)nn3CC2CC2)c2c1C(=O)CC2. The number of carbonyl (C=O) groups is 1. The molecule has 0 unspecified atom stereocenters. The number of nitrogens with zero attached hydrogens (tertiary/aromatic N) is 5. The number of halogens is 1. The Hall–Kier alpha value is -4.01. The second kappa shape index (κ2) is 7.79. The number of aryl methyl sites for hydroxylation is 1. The van der Waals surface area contributed by atoms with E-state index in [1.54, 1.807) is 29.1 Å². The van der Waals surface area contributed by atoms with Crippen LogP contribution in [0.4, 0.5) is 10.2 Å². The lowest BCUT2D eigenvalue weighted by atomic mass is 10.1. The summed E-state index contributed by atoms with van der Waals surface area (Å²) in [6.45, 7) is 2.62. The van der Waals surface area contributed by atoms with Crippen molar-refractivity contribution in [1.29, 1.82) is 0 Å². The van der Waals surface area contributed by atoms with Gasteiger partial charge in [-0.05, 0) is 62.4 Å². The van der Waals surface area contributed by atoms with E-state index in [4.69, 9.17) is 10.8 Å². The average molecular weight is 458 g/mol. The fourth-order valence-electron chi connectivity index (χ4n) is 4.63. The van der Waals surface area contributed by atoms with Crippen LogP contribution in [0.1, 0.15) is 41.0 Å². The van der Waals surface area contributed by atoms with Crippen molar-refractivity contribution >= 4 is 22.6 Å². The maximum Gasteiger partial charge on any atom is 0.166 e. The van der Waals surface area contributed by atoms with Crippen molar-refractivity contribution < 1.29 is 9.18 Å². The second-order valence-corrected chi connectivity index (χ2v) is 9.01. The number of fused-ring (bicyclic) bond motifs is 2. The fraction of sp³-hybridized carbons (Fsp3) is 0.280. The molecule has 1 fully saturated rings. The van der Waals surface area contributed by atoms with Crippen molar-refractivity contribution in [3.63, 3.8) is 0 Å². The van der Waals surface area contributed by atoms with E-state index in [-0.39, 0.29) is 11.6 Å². The van der Waals surface area contributed by atoms with Gasteiger partial charge in [-0.15, -0.1) is 0 Å². The van der Waals surface area contributed by atoms with Gasteiger partial charge in [0.1, 0.15) is 23.0 Å². The van der Waals surface area contributed by atoms with Gasteiger partial charge in [0.05, 0.1) is 17.0 Å². The largest absolute Gasteiger partial charge is 0.385 e. The van der Waals surface area contributed by atoms with Crippen LogP contribution in [0.15, 0.2) is 42.6 Å². The minimum Gasteiger partial charge on any atom is -0.385 e. The number of Topliss-reactive ketones (excluding diaryl/α,β-unsaturated/α-hetero) is 1. The van der Waals surface area contributed by atoms with Crippen LogP contribution in [-0.2, 0) is 13.0 Å². The van der Waals surface area contributed by atoms with E-state index in [9.17, 15) is 9.18 Å². The van der Waals surface area contributed by atoms with E-state index in [1.165, 1.54) is 25.0 Å². The molecule has 172 valence electrons. The predicted octanol–water partition coefficient (Wildman–Crippen LogP) is 4.31. The van der Waals surface area contributed by atoms with Gasteiger partial charge >= 0.3 is 0 Å². The molecule has 3 heterocycles. The lowest BCUT2D eigenvalue weighted by Crippen LogP contribution is -2.04. The molecule has 0 radical (unpaired) electrons. The number of hydrogen-bond acceptors (Lipinski definition) is 5. The predicted molar refractivity (Wildman–Crippen MR) is 127 cm³/mol. The average Bonchev–Trinajstić information content (AvgIpc) is 3.29. The number of rotatable bonds is 4. The maximum absolute atomic E-state index is 13.6. The van der Waals surface area contributed by atoms with Crippen molar-refractivity contribution in [3.8, 4) is 17.1 Å². The Balaban J connectivity index is 1.56. The Kier molecular flexibility index (Phi) is 4.72. The van der Waals surface area contributed by atoms with Crippen LogP contribution >= 0.6 is 0 Å². The highest BCUT2D eigenvalue weighted by Gasteiger charge is 2.28. The van der Waals surface area contributed by atoms with E-state index >= 15 is 0 Å². The van der Waals surface area contributed by atoms with Crippen LogP contribution in [0.2, 0.25) is 0 Å². The zero-order valence-electron chi connectivity index (χ0n) is 18.8. The molecule has 6 rings (SSSR count). The van der Waals surface area contributed by atoms with Gasteiger partial charge in [-0.25, -0.2) is 18.7 Å². The molecule has 0 saturated heterocycles. The van der Waals surface area contributed by atoms with Crippen molar-refractivity contribution in [2.75, 3.05) is 5.73 Å². The summed E-state index contributed by atoms with van der Waals surface area (Å²) in [7, 11) is 0. The molecule has 2 aliphatic rings. The number of aromatic amines is 1. The molecule has 0 amide bonds. The molecular weight excluding hydrogens is 433 g/mol. The van der Waals surface area contributed by atoms with E-state index < -0.39 is 0 Å². The smallest absolute Gasteiger partial charge is 0.166 e. The number of nitrogens with two attached hydrogens (primary N) is 1. The number of nitrogens with one attached hydrogen (secondary N) is 1. The summed E-state index contributed by atoms with van der Waals surface area (Å²) in [6, 6.07) is 9.91. The van der Waals surface area contributed by atoms with Crippen LogP contribution in [0.25, 0.3) is 28.1 Å². The number of H-pyrrole nitrogens is 1. The molecule has 2 aliphatic carbocycles. The van der Waals surface area contributed by atoms with E-state index in [0.717, 1.165) is 34.5 Å². The number of benzene rings is 1. The molecule has 0 atom stereocenters. The van der Waals surface area contributed by atoms with Gasteiger partial charge in [-0.3, -0.25) is 4.79 Å². The summed E-state index contributed by atoms with van der Waals surface area (Å²) in [6.07, 6.45) is 5.17. The molecule has 34 heavy (non-hydrogen) atoms. The van der Waals surface area contributed by atoms with Gasteiger partial charge in [0.2, 0.25) is 0 Å². The summed E-state index contributed by atoms with van der Waals surface area (Å²) in [4.78, 5) is 20.2.